The molecule has 0 aliphatic carbocycles. The molecule has 3 nitrogen and oxygen atoms in total. The molecule has 1 atom stereocenters. The summed E-state index contributed by atoms with van der Waals surface area (Å²) in [6.07, 6.45) is 0.958. The summed E-state index contributed by atoms with van der Waals surface area (Å²) in [6.45, 7) is 3.01. The second-order valence-electron chi connectivity index (χ2n) is 3.76. The van der Waals surface area contributed by atoms with Crippen LogP contribution in [0.5, 0.6) is 0 Å². The third-order valence-corrected chi connectivity index (χ3v) is 3.29. The fraction of sp³-hybridized carbons (Fsp3) is 0.400. The van der Waals surface area contributed by atoms with Gasteiger partial charge in [-0.3, -0.25) is 0 Å². The Kier molecular flexibility index (Phi) is 2.46. The summed E-state index contributed by atoms with van der Waals surface area (Å²) in [5, 5.41) is 3.18. The maximum absolute atomic E-state index is 11.0. The predicted octanol–water partition coefficient (Wildman–Crippen LogP) is 1.26. The SMILES string of the molecule is C[C@H]1CNc2c(cccc2[SH](=O)=O)C1. The van der Waals surface area contributed by atoms with E-state index in [4.69, 9.17) is 0 Å². The molecule has 1 aliphatic rings. The lowest BCUT2D eigenvalue weighted by molar-refractivity contribution is 0.589. The molecule has 0 amide bonds. The molecule has 0 aromatic heterocycles. The Hall–Kier alpha value is -1.03. The van der Waals surface area contributed by atoms with E-state index in [1.165, 1.54) is 0 Å². The van der Waals surface area contributed by atoms with Crippen molar-refractivity contribution in [2.75, 3.05) is 11.9 Å². The Bertz CT molecular complexity index is 418. The van der Waals surface area contributed by atoms with Crippen LogP contribution in [0.15, 0.2) is 23.1 Å². The molecule has 0 bridgehead atoms. The molecule has 0 fully saturated rings. The number of thiol groups is 1. The van der Waals surface area contributed by atoms with Gasteiger partial charge in [-0.15, -0.1) is 0 Å². The normalized spacial score (nSPS) is 20.3. The topological polar surface area (TPSA) is 46.2 Å². The van der Waals surface area contributed by atoms with Crippen LogP contribution in [-0.4, -0.2) is 15.0 Å². The number of para-hydroxylation sites is 1. The highest BCUT2D eigenvalue weighted by Gasteiger charge is 2.17. The molecule has 0 saturated heterocycles. The van der Waals surface area contributed by atoms with Crippen LogP contribution in [0.2, 0.25) is 0 Å². The maximum atomic E-state index is 11.0. The Morgan fingerprint density at radius 3 is 2.93 bits per heavy atom. The molecule has 1 heterocycles. The number of hydrogen-bond acceptors (Lipinski definition) is 3. The number of nitrogens with one attached hydrogen (secondary N) is 1. The quantitative estimate of drug-likeness (QED) is 0.687. The van der Waals surface area contributed by atoms with Gasteiger partial charge in [0, 0.05) is 6.54 Å². The van der Waals surface area contributed by atoms with Gasteiger partial charge in [-0.25, -0.2) is 8.42 Å². The molecule has 1 N–H and O–H groups in total. The Morgan fingerprint density at radius 2 is 2.21 bits per heavy atom. The van der Waals surface area contributed by atoms with Crippen molar-refractivity contribution in [1.29, 1.82) is 0 Å². The van der Waals surface area contributed by atoms with Gasteiger partial charge in [-0.2, -0.15) is 0 Å². The molecular weight excluding hydrogens is 198 g/mol. The third-order valence-electron chi connectivity index (χ3n) is 2.52. The van der Waals surface area contributed by atoms with Crippen LogP contribution in [0.1, 0.15) is 12.5 Å². The minimum atomic E-state index is -2.49. The molecule has 0 saturated carbocycles. The van der Waals surface area contributed by atoms with Crippen molar-refractivity contribution in [2.24, 2.45) is 5.92 Å². The van der Waals surface area contributed by atoms with E-state index in [0.29, 0.717) is 10.8 Å². The standard InChI is InChI=1S/C10H13NO2S/c1-7-5-8-3-2-4-9(14(12)13)10(8)11-6-7/h2-4,7,11,14H,5-6H2,1H3/t7-/m1/s1. The monoisotopic (exact) mass is 211 g/mol. The van der Waals surface area contributed by atoms with E-state index in [-0.39, 0.29) is 0 Å². The number of hydrogen-bond donors (Lipinski definition) is 2. The van der Waals surface area contributed by atoms with Crippen LogP contribution in [0, 0.1) is 5.92 Å². The molecule has 76 valence electrons. The Morgan fingerprint density at radius 1 is 1.43 bits per heavy atom. The van der Waals surface area contributed by atoms with E-state index < -0.39 is 10.7 Å². The lowest BCUT2D eigenvalue weighted by Crippen LogP contribution is -2.21. The number of benzene rings is 1. The second-order valence-corrected chi connectivity index (χ2v) is 4.75. The van der Waals surface area contributed by atoms with Gasteiger partial charge in [0.2, 0.25) is 0 Å². The van der Waals surface area contributed by atoms with Gasteiger partial charge >= 0.3 is 0 Å². The van der Waals surface area contributed by atoms with Gasteiger partial charge in [-0.05, 0) is 24.0 Å². The largest absolute Gasteiger partial charge is 0.383 e. The summed E-state index contributed by atoms with van der Waals surface area (Å²) < 4.78 is 21.9. The van der Waals surface area contributed by atoms with Gasteiger partial charge in [0.05, 0.1) is 10.6 Å². The molecule has 4 heteroatoms. The molecule has 1 aromatic rings. The highest BCUT2D eigenvalue weighted by Crippen LogP contribution is 2.28. The third kappa shape index (κ3) is 1.62. The summed E-state index contributed by atoms with van der Waals surface area (Å²) >= 11 is 0. The van der Waals surface area contributed by atoms with Gasteiger partial charge in [-0.1, -0.05) is 19.1 Å². The average molecular weight is 211 g/mol. The first-order chi connectivity index (χ1) is 6.68. The summed E-state index contributed by atoms with van der Waals surface area (Å²) in [4.78, 5) is 0.421. The zero-order chi connectivity index (χ0) is 10.1. The smallest absolute Gasteiger partial charge is 0.170 e. The number of fused-ring (bicyclic) bond motifs is 1. The zero-order valence-electron chi connectivity index (χ0n) is 7.99. The van der Waals surface area contributed by atoms with Crippen molar-refractivity contribution >= 4 is 16.4 Å². The van der Waals surface area contributed by atoms with E-state index in [9.17, 15) is 8.42 Å². The number of rotatable bonds is 1. The van der Waals surface area contributed by atoms with Crippen LogP contribution in [-0.2, 0) is 17.1 Å². The summed E-state index contributed by atoms with van der Waals surface area (Å²) in [6, 6.07) is 5.44. The van der Waals surface area contributed by atoms with Crippen LogP contribution in [0.3, 0.4) is 0 Å². The first-order valence-corrected chi connectivity index (χ1v) is 5.86. The van der Waals surface area contributed by atoms with Gasteiger partial charge in [0.15, 0.2) is 10.7 Å². The highest BCUT2D eigenvalue weighted by atomic mass is 32.2. The first kappa shape index (κ1) is 9.52. The Labute approximate surface area is 85.1 Å². The van der Waals surface area contributed by atoms with E-state index in [1.807, 2.05) is 6.07 Å². The lowest BCUT2D eigenvalue weighted by Gasteiger charge is -2.24. The van der Waals surface area contributed by atoms with Gasteiger partial charge in [0.1, 0.15) is 0 Å². The van der Waals surface area contributed by atoms with Crippen LogP contribution < -0.4 is 5.32 Å². The zero-order valence-corrected chi connectivity index (χ0v) is 8.88. The summed E-state index contributed by atoms with van der Waals surface area (Å²) in [5.41, 5.74) is 1.92. The number of anilines is 1. The highest BCUT2D eigenvalue weighted by molar-refractivity contribution is 7.72. The van der Waals surface area contributed by atoms with Crippen LogP contribution in [0.25, 0.3) is 0 Å². The molecule has 0 spiro atoms. The van der Waals surface area contributed by atoms with E-state index in [1.54, 1.807) is 12.1 Å². The van der Waals surface area contributed by atoms with Crippen LogP contribution in [0.4, 0.5) is 5.69 Å². The molecule has 0 unspecified atom stereocenters. The van der Waals surface area contributed by atoms with E-state index in [0.717, 1.165) is 24.2 Å². The van der Waals surface area contributed by atoms with Gasteiger partial charge < -0.3 is 5.32 Å². The lowest BCUT2D eigenvalue weighted by atomic mass is 9.96. The summed E-state index contributed by atoms with van der Waals surface area (Å²) in [7, 11) is -2.49. The summed E-state index contributed by atoms with van der Waals surface area (Å²) in [5.74, 6) is 0.572. The molecule has 14 heavy (non-hydrogen) atoms. The fourth-order valence-electron chi connectivity index (χ4n) is 1.84. The average Bonchev–Trinajstić information content (AvgIpc) is 2.16. The van der Waals surface area contributed by atoms with Crippen molar-refractivity contribution in [2.45, 2.75) is 18.2 Å². The minimum absolute atomic E-state index is 0.421. The van der Waals surface area contributed by atoms with Crippen molar-refractivity contribution in [3.63, 3.8) is 0 Å². The molecule has 0 radical (unpaired) electrons. The van der Waals surface area contributed by atoms with Crippen LogP contribution >= 0.6 is 0 Å². The fourth-order valence-corrected chi connectivity index (χ4v) is 2.45. The molecule has 1 aromatic carbocycles. The van der Waals surface area contributed by atoms with Crippen molar-refractivity contribution in [1.82, 2.24) is 0 Å². The van der Waals surface area contributed by atoms with Crippen molar-refractivity contribution < 1.29 is 8.42 Å². The minimum Gasteiger partial charge on any atom is -0.383 e. The Balaban J connectivity index is 2.52. The van der Waals surface area contributed by atoms with Crippen molar-refractivity contribution in [3.8, 4) is 0 Å². The molecule has 2 rings (SSSR count). The van der Waals surface area contributed by atoms with E-state index in [2.05, 4.69) is 12.2 Å². The maximum Gasteiger partial charge on any atom is 0.170 e. The second kappa shape index (κ2) is 3.61. The van der Waals surface area contributed by atoms with Gasteiger partial charge in [0.25, 0.3) is 0 Å². The predicted molar refractivity (Wildman–Crippen MR) is 56.4 cm³/mol. The first-order valence-electron chi connectivity index (χ1n) is 4.68. The molecule has 1 aliphatic heterocycles. The van der Waals surface area contributed by atoms with Crippen molar-refractivity contribution in [3.05, 3.63) is 23.8 Å². The molecular formula is C10H13NO2S. The van der Waals surface area contributed by atoms with E-state index >= 15 is 0 Å².